The molecule has 6 nitrogen and oxygen atoms in total. The number of aromatic nitrogens is 1. The summed E-state index contributed by atoms with van der Waals surface area (Å²) in [6.07, 6.45) is 3.76. The summed E-state index contributed by atoms with van der Waals surface area (Å²) in [6, 6.07) is 16.7. The van der Waals surface area contributed by atoms with Gasteiger partial charge in [-0.25, -0.2) is 4.79 Å². The third kappa shape index (κ3) is 3.33. The van der Waals surface area contributed by atoms with Crippen LogP contribution in [0.2, 0.25) is 0 Å². The van der Waals surface area contributed by atoms with Gasteiger partial charge in [-0.1, -0.05) is 12.1 Å². The molecule has 1 fully saturated rings. The van der Waals surface area contributed by atoms with Gasteiger partial charge in [0.25, 0.3) is 0 Å². The Morgan fingerprint density at radius 2 is 1.74 bits per heavy atom. The van der Waals surface area contributed by atoms with Gasteiger partial charge in [-0.15, -0.1) is 0 Å². The first-order valence-electron chi connectivity index (χ1n) is 8.71. The monoisotopic (exact) mass is 364 g/mol. The third-order valence-corrected chi connectivity index (χ3v) is 4.64. The molecule has 1 saturated heterocycles. The van der Waals surface area contributed by atoms with Gasteiger partial charge in [0, 0.05) is 18.5 Å². The van der Waals surface area contributed by atoms with Crippen molar-refractivity contribution in [2.75, 3.05) is 25.1 Å². The van der Waals surface area contributed by atoms with Gasteiger partial charge in [0.1, 0.15) is 17.6 Å². The number of nitrogens with zero attached hydrogens (tertiary/aromatic N) is 2. The van der Waals surface area contributed by atoms with E-state index in [-0.39, 0.29) is 11.7 Å². The smallest absolute Gasteiger partial charge is 0.337 e. The number of rotatable bonds is 6. The van der Waals surface area contributed by atoms with Gasteiger partial charge in [-0.3, -0.25) is 0 Å². The van der Waals surface area contributed by atoms with E-state index in [1.54, 1.807) is 19.2 Å². The maximum Gasteiger partial charge on any atom is 0.337 e. The van der Waals surface area contributed by atoms with E-state index in [9.17, 15) is 9.90 Å². The molecule has 0 spiro atoms. The first kappa shape index (κ1) is 17.0. The summed E-state index contributed by atoms with van der Waals surface area (Å²) in [7, 11) is 1.63. The van der Waals surface area contributed by atoms with Crippen LogP contribution in [0.5, 0.6) is 11.5 Å². The zero-order valence-electron chi connectivity index (χ0n) is 14.9. The summed E-state index contributed by atoms with van der Waals surface area (Å²) in [6.45, 7) is 1.38. The minimum atomic E-state index is -0.940. The fraction of sp³-hybridized carbons (Fsp3) is 0.190. The number of carbonyl (C=O) groups is 1. The summed E-state index contributed by atoms with van der Waals surface area (Å²) < 4.78 is 13.1. The van der Waals surface area contributed by atoms with Crippen LogP contribution < -0.4 is 14.4 Å². The molecule has 0 unspecified atom stereocenters. The molecule has 1 aliphatic heterocycles. The van der Waals surface area contributed by atoms with Gasteiger partial charge in [-0.05, 0) is 36.4 Å². The van der Waals surface area contributed by atoms with E-state index in [2.05, 4.69) is 4.90 Å². The Morgan fingerprint density at radius 3 is 2.44 bits per heavy atom. The van der Waals surface area contributed by atoms with Crippen LogP contribution in [0.25, 0.3) is 5.69 Å². The number of methoxy groups -OCH3 is 1. The number of benzene rings is 2. The lowest BCUT2D eigenvalue weighted by Gasteiger charge is -2.41. The molecule has 2 aromatic carbocycles. The number of aromatic carboxylic acids is 1. The summed E-state index contributed by atoms with van der Waals surface area (Å²) in [5.74, 6) is 0.585. The maximum atomic E-state index is 11.7. The molecule has 0 saturated carbocycles. The van der Waals surface area contributed by atoms with Gasteiger partial charge in [0.05, 0.1) is 37.1 Å². The number of hydrogen-bond donors (Lipinski definition) is 1. The molecule has 4 rings (SSSR count). The fourth-order valence-electron chi connectivity index (χ4n) is 3.29. The third-order valence-electron chi connectivity index (χ3n) is 4.64. The summed E-state index contributed by atoms with van der Waals surface area (Å²) >= 11 is 0. The van der Waals surface area contributed by atoms with E-state index in [1.807, 2.05) is 59.4 Å². The number of carboxylic acid groups (broad SMARTS) is 1. The van der Waals surface area contributed by atoms with Crippen molar-refractivity contribution in [2.24, 2.45) is 0 Å². The van der Waals surface area contributed by atoms with Gasteiger partial charge in [-0.2, -0.15) is 0 Å². The Hall–Kier alpha value is -3.41. The van der Waals surface area contributed by atoms with Crippen LogP contribution in [-0.2, 0) is 0 Å². The molecule has 3 aromatic rings. The Bertz CT molecular complexity index is 947. The Balaban J connectivity index is 1.54. The largest absolute Gasteiger partial charge is 0.497 e. The normalized spacial score (nSPS) is 13.9. The maximum absolute atomic E-state index is 11.7. The Labute approximate surface area is 157 Å². The van der Waals surface area contributed by atoms with E-state index < -0.39 is 5.97 Å². The van der Waals surface area contributed by atoms with Crippen molar-refractivity contribution in [1.29, 1.82) is 0 Å². The quantitative estimate of drug-likeness (QED) is 0.726. The SMILES string of the molecule is COc1cccc(OC2CN(c3cccc(C(=O)O)c3-n3cccc3)C2)c1. The minimum absolute atomic E-state index is 0.0445. The van der Waals surface area contributed by atoms with Gasteiger partial charge in [0.2, 0.25) is 0 Å². The van der Waals surface area contributed by atoms with E-state index in [0.717, 1.165) is 17.2 Å². The molecule has 0 radical (unpaired) electrons. The highest BCUT2D eigenvalue weighted by molar-refractivity contribution is 5.95. The van der Waals surface area contributed by atoms with Gasteiger partial charge < -0.3 is 24.0 Å². The number of anilines is 1. The second kappa shape index (κ2) is 7.07. The van der Waals surface area contributed by atoms with Crippen molar-refractivity contribution >= 4 is 11.7 Å². The number of ether oxygens (including phenoxy) is 2. The summed E-state index contributed by atoms with van der Waals surface area (Å²) in [4.78, 5) is 13.8. The van der Waals surface area contributed by atoms with Crippen molar-refractivity contribution in [1.82, 2.24) is 4.57 Å². The summed E-state index contributed by atoms with van der Waals surface area (Å²) in [5, 5.41) is 9.59. The van der Waals surface area contributed by atoms with E-state index in [4.69, 9.17) is 9.47 Å². The summed E-state index contributed by atoms with van der Waals surface area (Å²) in [5.41, 5.74) is 1.84. The zero-order chi connectivity index (χ0) is 18.8. The molecule has 0 aliphatic carbocycles. The predicted molar refractivity (Wildman–Crippen MR) is 102 cm³/mol. The van der Waals surface area contributed by atoms with Gasteiger partial charge >= 0.3 is 5.97 Å². The van der Waals surface area contributed by atoms with E-state index in [1.165, 1.54) is 0 Å². The molecule has 1 aliphatic rings. The van der Waals surface area contributed by atoms with Crippen molar-refractivity contribution in [3.05, 3.63) is 72.6 Å². The molecule has 27 heavy (non-hydrogen) atoms. The lowest BCUT2D eigenvalue weighted by atomic mass is 10.1. The van der Waals surface area contributed by atoms with E-state index in [0.29, 0.717) is 18.8 Å². The molecular weight excluding hydrogens is 344 g/mol. The zero-order valence-corrected chi connectivity index (χ0v) is 14.9. The molecular formula is C21H20N2O4. The van der Waals surface area contributed by atoms with Crippen molar-refractivity contribution in [2.45, 2.75) is 6.10 Å². The highest BCUT2D eigenvalue weighted by Crippen LogP contribution is 2.33. The Kier molecular flexibility index (Phi) is 4.46. The van der Waals surface area contributed by atoms with Crippen molar-refractivity contribution in [3.8, 4) is 17.2 Å². The molecule has 0 atom stereocenters. The van der Waals surface area contributed by atoms with Crippen LogP contribution in [0.15, 0.2) is 67.0 Å². The number of carboxylic acids is 1. The molecule has 0 bridgehead atoms. The van der Waals surface area contributed by atoms with Crippen LogP contribution in [0.4, 0.5) is 5.69 Å². The van der Waals surface area contributed by atoms with Crippen LogP contribution in [-0.4, -0.2) is 41.9 Å². The second-order valence-electron chi connectivity index (χ2n) is 6.39. The van der Waals surface area contributed by atoms with Crippen molar-refractivity contribution in [3.63, 3.8) is 0 Å². The number of para-hydroxylation sites is 1. The van der Waals surface area contributed by atoms with Crippen LogP contribution in [0.1, 0.15) is 10.4 Å². The number of hydrogen-bond acceptors (Lipinski definition) is 4. The second-order valence-corrected chi connectivity index (χ2v) is 6.39. The van der Waals surface area contributed by atoms with Crippen LogP contribution >= 0.6 is 0 Å². The molecule has 138 valence electrons. The minimum Gasteiger partial charge on any atom is -0.497 e. The average molecular weight is 364 g/mol. The molecule has 2 heterocycles. The first-order valence-corrected chi connectivity index (χ1v) is 8.71. The van der Waals surface area contributed by atoms with Crippen molar-refractivity contribution < 1.29 is 19.4 Å². The average Bonchev–Trinajstić information content (AvgIpc) is 3.18. The standard InChI is InChI=1S/C21H20N2O4/c1-26-15-6-4-7-16(12-15)27-17-13-23(14-17)19-9-5-8-18(21(24)25)20(19)22-10-2-3-11-22/h2-12,17H,13-14H2,1H3,(H,24,25). The van der Waals surface area contributed by atoms with Gasteiger partial charge in [0.15, 0.2) is 0 Å². The highest BCUT2D eigenvalue weighted by Gasteiger charge is 2.31. The molecule has 0 amide bonds. The molecule has 1 N–H and O–H groups in total. The Morgan fingerprint density at radius 1 is 1.04 bits per heavy atom. The topological polar surface area (TPSA) is 63.9 Å². The lowest BCUT2D eigenvalue weighted by molar-refractivity contribution is 0.0697. The highest BCUT2D eigenvalue weighted by atomic mass is 16.5. The van der Waals surface area contributed by atoms with E-state index >= 15 is 0 Å². The van der Waals surface area contributed by atoms with Crippen LogP contribution in [0.3, 0.4) is 0 Å². The van der Waals surface area contributed by atoms with Crippen LogP contribution in [0, 0.1) is 0 Å². The predicted octanol–water partition coefficient (Wildman–Crippen LogP) is 3.45. The first-order chi connectivity index (χ1) is 13.2. The lowest BCUT2D eigenvalue weighted by Crippen LogP contribution is -2.54. The molecule has 1 aromatic heterocycles. The fourth-order valence-corrected chi connectivity index (χ4v) is 3.29. The molecule has 6 heteroatoms.